The minimum absolute atomic E-state index is 0.0585. The second-order valence-corrected chi connectivity index (χ2v) is 3.80. The highest BCUT2D eigenvalue weighted by atomic mass is 16.5. The summed E-state index contributed by atoms with van der Waals surface area (Å²) in [6.45, 7) is 0.245. The Balaban J connectivity index is 3.18. The lowest BCUT2D eigenvalue weighted by atomic mass is 10.1. The van der Waals surface area contributed by atoms with Gasteiger partial charge in [-0.2, -0.15) is 0 Å². The zero-order valence-corrected chi connectivity index (χ0v) is 11.8. The van der Waals surface area contributed by atoms with Crippen molar-refractivity contribution in [3.8, 4) is 11.5 Å². The van der Waals surface area contributed by atoms with Crippen molar-refractivity contribution >= 4 is 11.7 Å². The summed E-state index contributed by atoms with van der Waals surface area (Å²) in [6, 6.07) is 5.22. The quantitative estimate of drug-likeness (QED) is 0.568. The predicted molar refractivity (Wildman–Crippen MR) is 74.6 cm³/mol. The van der Waals surface area contributed by atoms with Crippen LogP contribution in [-0.2, 0) is 9.53 Å². The topological polar surface area (TPSA) is 77.0 Å². The number of aliphatic hydroxyl groups is 1. The molecule has 0 heterocycles. The monoisotopic (exact) mass is 281 g/mol. The molecule has 0 unspecified atom stereocenters. The fraction of sp³-hybridized carbons (Fsp3) is 0.357. The molecule has 0 aliphatic heterocycles. The average molecular weight is 281 g/mol. The van der Waals surface area contributed by atoms with E-state index in [2.05, 4.69) is 10.1 Å². The molecule has 1 aromatic carbocycles. The predicted octanol–water partition coefficient (Wildman–Crippen LogP) is 0.800. The molecule has 0 aromatic heterocycles. The van der Waals surface area contributed by atoms with Crippen molar-refractivity contribution in [2.45, 2.75) is 0 Å². The third-order valence-corrected chi connectivity index (χ3v) is 2.59. The van der Waals surface area contributed by atoms with Gasteiger partial charge in [0, 0.05) is 24.3 Å². The molecule has 0 spiro atoms. The minimum atomic E-state index is -0.497. The van der Waals surface area contributed by atoms with E-state index in [9.17, 15) is 4.79 Å². The second-order valence-electron chi connectivity index (χ2n) is 3.80. The van der Waals surface area contributed by atoms with Gasteiger partial charge in [0.05, 0.1) is 33.6 Å². The summed E-state index contributed by atoms with van der Waals surface area (Å²) < 4.78 is 15.0. The van der Waals surface area contributed by atoms with Crippen LogP contribution in [0.4, 0.5) is 0 Å². The number of methoxy groups -OCH3 is 3. The first-order chi connectivity index (χ1) is 9.65. The first-order valence-corrected chi connectivity index (χ1v) is 6.03. The average Bonchev–Trinajstić information content (AvgIpc) is 2.50. The van der Waals surface area contributed by atoms with Gasteiger partial charge in [0.25, 0.3) is 0 Å². The highest BCUT2D eigenvalue weighted by Gasteiger charge is 2.11. The first-order valence-electron chi connectivity index (χ1n) is 6.03. The van der Waals surface area contributed by atoms with Crippen LogP contribution in [0.2, 0.25) is 0 Å². The Bertz CT molecular complexity index is 484. The zero-order chi connectivity index (χ0) is 15.0. The van der Waals surface area contributed by atoms with Crippen LogP contribution in [0.3, 0.4) is 0 Å². The molecule has 0 radical (unpaired) electrons. The number of rotatable bonds is 7. The first kappa shape index (κ1) is 15.8. The van der Waals surface area contributed by atoms with E-state index in [0.29, 0.717) is 29.3 Å². The van der Waals surface area contributed by atoms with Gasteiger partial charge in [-0.15, -0.1) is 0 Å². The zero-order valence-electron chi connectivity index (χ0n) is 11.8. The van der Waals surface area contributed by atoms with Crippen molar-refractivity contribution in [3.05, 3.63) is 29.8 Å². The van der Waals surface area contributed by atoms with Gasteiger partial charge in [0.2, 0.25) is 0 Å². The maximum atomic E-state index is 11.4. The van der Waals surface area contributed by atoms with Gasteiger partial charge >= 0.3 is 5.97 Å². The molecule has 0 fully saturated rings. The van der Waals surface area contributed by atoms with E-state index in [0.717, 1.165) is 0 Å². The Morgan fingerprint density at radius 3 is 2.60 bits per heavy atom. The highest BCUT2D eigenvalue weighted by Crippen LogP contribution is 2.29. The minimum Gasteiger partial charge on any atom is -0.497 e. The van der Waals surface area contributed by atoms with Crippen LogP contribution in [0, 0.1) is 0 Å². The number of esters is 1. The lowest BCUT2D eigenvalue weighted by Crippen LogP contribution is -2.18. The van der Waals surface area contributed by atoms with E-state index in [4.69, 9.17) is 14.6 Å². The van der Waals surface area contributed by atoms with Gasteiger partial charge in [0.15, 0.2) is 0 Å². The Kier molecular flexibility index (Phi) is 6.39. The van der Waals surface area contributed by atoms with Crippen molar-refractivity contribution in [3.63, 3.8) is 0 Å². The van der Waals surface area contributed by atoms with Gasteiger partial charge < -0.3 is 24.6 Å². The molecule has 0 aliphatic carbocycles. The fourth-order valence-corrected chi connectivity index (χ4v) is 1.61. The third-order valence-electron chi connectivity index (χ3n) is 2.59. The number of carbonyl (C=O) groups excluding carboxylic acids is 1. The van der Waals surface area contributed by atoms with Crippen LogP contribution < -0.4 is 14.8 Å². The van der Waals surface area contributed by atoms with Crippen molar-refractivity contribution in [2.24, 2.45) is 0 Å². The largest absolute Gasteiger partial charge is 0.497 e. The lowest BCUT2D eigenvalue weighted by molar-refractivity contribution is -0.134. The fourth-order valence-electron chi connectivity index (χ4n) is 1.61. The molecule has 1 rings (SSSR count). The molecule has 0 aliphatic rings. The molecular weight excluding hydrogens is 262 g/mol. The number of aliphatic hydroxyl groups excluding tert-OH is 1. The van der Waals surface area contributed by atoms with E-state index in [1.165, 1.54) is 20.3 Å². The Morgan fingerprint density at radius 2 is 2.05 bits per heavy atom. The van der Waals surface area contributed by atoms with Crippen LogP contribution in [0.15, 0.2) is 24.3 Å². The molecule has 0 bridgehead atoms. The third kappa shape index (κ3) is 4.17. The maximum absolute atomic E-state index is 11.4. The smallest absolute Gasteiger partial charge is 0.332 e. The summed E-state index contributed by atoms with van der Waals surface area (Å²) in [7, 11) is 4.39. The summed E-state index contributed by atoms with van der Waals surface area (Å²) in [4.78, 5) is 11.4. The number of benzene rings is 1. The molecule has 0 atom stereocenters. The van der Waals surface area contributed by atoms with Crippen molar-refractivity contribution in [1.29, 1.82) is 0 Å². The molecular formula is C14H19NO5. The van der Waals surface area contributed by atoms with Crippen molar-refractivity contribution in [2.75, 3.05) is 34.5 Å². The number of nitrogens with one attached hydrogen (secondary N) is 1. The van der Waals surface area contributed by atoms with Crippen LogP contribution in [-0.4, -0.2) is 45.6 Å². The Morgan fingerprint density at radius 1 is 1.30 bits per heavy atom. The molecule has 1 aromatic rings. The molecule has 0 saturated heterocycles. The highest BCUT2D eigenvalue weighted by molar-refractivity contribution is 5.91. The van der Waals surface area contributed by atoms with Gasteiger partial charge in [-0.05, 0) is 12.1 Å². The molecule has 6 heteroatoms. The molecule has 0 saturated carbocycles. The van der Waals surface area contributed by atoms with Crippen molar-refractivity contribution < 1.29 is 24.1 Å². The van der Waals surface area contributed by atoms with Gasteiger partial charge in [0.1, 0.15) is 11.5 Å². The second kappa shape index (κ2) is 8.06. The molecule has 20 heavy (non-hydrogen) atoms. The van der Waals surface area contributed by atoms with E-state index >= 15 is 0 Å². The summed E-state index contributed by atoms with van der Waals surface area (Å²) in [5, 5.41) is 11.9. The normalized spacial score (nSPS) is 10.9. The number of ether oxygens (including phenoxy) is 3. The van der Waals surface area contributed by atoms with Crippen LogP contribution in [0.5, 0.6) is 11.5 Å². The maximum Gasteiger partial charge on any atom is 0.332 e. The van der Waals surface area contributed by atoms with Gasteiger partial charge in [-0.3, -0.25) is 0 Å². The molecule has 0 amide bonds. The van der Waals surface area contributed by atoms with E-state index in [1.807, 2.05) is 0 Å². The van der Waals surface area contributed by atoms with E-state index in [1.54, 1.807) is 25.3 Å². The van der Waals surface area contributed by atoms with Crippen molar-refractivity contribution in [1.82, 2.24) is 5.32 Å². The Labute approximate surface area is 118 Å². The van der Waals surface area contributed by atoms with Crippen LogP contribution in [0.1, 0.15) is 5.56 Å². The molecule has 2 N–H and O–H groups in total. The van der Waals surface area contributed by atoms with Gasteiger partial charge in [-0.1, -0.05) is 0 Å². The SMILES string of the molecule is COC(=O)/C=C(\NCCO)c1ccc(OC)cc1OC. The number of hydrogen-bond acceptors (Lipinski definition) is 6. The summed E-state index contributed by atoms with van der Waals surface area (Å²) in [5.74, 6) is 0.693. The number of carbonyl (C=O) groups is 1. The number of hydrogen-bond donors (Lipinski definition) is 2. The standard InChI is InChI=1S/C14H19NO5/c1-18-10-4-5-11(13(8-10)19-2)12(15-6-7-16)9-14(17)20-3/h4-5,8-9,15-16H,6-7H2,1-3H3/b12-9-. The lowest BCUT2D eigenvalue weighted by Gasteiger charge is -2.14. The summed E-state index contributed by atoms with van der Waals surface area (Å²) in [5.41, 5.74) is 1.18. The summed E-state index contributed by atoms with van der Waals surface area (Å²) in [6.07, 6.45) is 1.31. The summed E-state index contributed by atoms with van der Waals surface area (Å²) >= 11 is 0. The molecule has 6 nitrogen and oxygen atoms in total. The Hall–Kier alpha value is -2.21. The van der Waals surface area contributed by atoms with Crippen LogP contribution in [0.25, 0.3) is 5.70 Å². The van der Waals surface area contributed by atoms with Gasteiger partial charge in [-0.25, -0.2) is 4.79 Å². The van der Waals surface area contributed by atoms with E-state index < -0.39 is 5.97 Å². The van der Waals surface area contributed by atoms with Crippen LogP contribution >= 0.6 is 0 Å². The van der Waals surface area contributed by atoms with E-state index in [-0.39, 0.29) is 6.61 Å². The molecule has 110 valence electrons.